The monoisotopic (exact) mass is 318 g/mol. The molecule has 0 radical (unpaired) electrons. The highest BCUT2D eigenvalue weighted by Gasteiger charge is 2.18. The van der Waals surface area contributed by atoms with Crippen molar-refractivity contribution in [2.24, 2.45) is 0 Å². The van der Waals surface area contributed by atoms with Crippen LogP contribution in [0.15, 0.2) is 35.7 Å². The molecule has 0 bridgehead atoms. The lowest BCUT2D eigenvalue weighted by Crippen LogP contribution is -2.33. The molecule has 2 heterocycles. The maximum atomic E-state index is 12.3. The second-order valence-corrected chi connectivity index (χ2v) is 6.04. The van der Waals surface area contributed by atoms with Crippen LogP contribution < -0.4 is 14.8 Å². The van der Waals surface area contributed by atoms with Gasteiger partial charge in [0.1, 0.15) is 13.2 Å². The molecule has 1 aromatic heterocycles. The second kappa shape index (κ2) is 6.70. The normalized spacial score (nSPS) is 12.8. The van der Waals surface area contributed by atoms with E-state index in [0.29, 0.717) is 36.9 Å². The number of amides is 2. The Morgan fingerprint density at radius 3 is 2.95 bits per heavy atom. The summed E-state index contributed by atoms with van der Waals surface area (Å²) in [4.78, 5) is 15.2. The summed E-state index contributed by atoms with van der Waals surface area (Å²) >= 11 is 1.70. The molecule has 0 aliphatic carbocycles. The van der Waals surface area contributed by atoms with E-state index in [9.17, 15) is 4.79 Å². The fourth-order valence-corrected chi connectivity index (χ4v) is 2.92. The first-order valence-corrected chi connectivity index (χ1v) is 8.05. The summed E-state index contributed by atoms with van der Waals surface area (Å²) in [6.45, 7) is 1.69. The molecule has 0 fully saturated rings. The lowest BCUT2D eigenvalue weighted by atomic mass is 10.2. The van der Waals surface area contributed by atoms with Crippen LogP contribution in [0.1, 0.15) is 4.88 Å². The van der Waals surface area contributed by atoms with Crippen LogP contribution in [0.25, 0.3) is 0 Å². The van der Waals surface area contributed by atoms with Gasteiger partial charge < -0.3 is 19.7 Å². The largest absolute Gasteiger partial charge is 0.486 e. The van der Waals surface area contributed by atoms with Crippen LogP contribution in [0.5, 0.6) is 11.5 Å². The van der Waals surface area contributed by atoms with Crippen molar-refractivity contribution >= 4 is 23.1 Å². The molecule has 2 amide bonds. The van der Waals surface area contributed by atoms with Gasteiger partial charge in [0.25, 0.3) is 0 Å². The minimum atomic E-state index is -0.154. The summed E-state index contributed by atoms with van der Waals surface area (Å²) in [7, 11) is 1.79. The van der Waals surface area contributed by atoms with E-state index < -0.39 is 0 Å². The number of nitrogens with zero attached hydrogens (tertiary/aromatic N) is 1. The number of para-hydroxylation sites is 1. The third kappa shape index (κ3) is 3.33. The fraction of sp³-hybridized carbons (Fsp3) is 0.312. The average molecular weight is 318 g/mol. The molecule has 5 nitrogen and oxygen atoms in total. The minimum absolute atomic E-state index is 0.154. The molecular formula is C16H18N2O3S. The van der Waals surface area contributed by atoms with E-state index in [1.165, 1.54) is 4.88 Å². The van der Waals surface area contributed by atoms with Crippen molar-refractivity contribution in [2.45, 2.75) is 6.42 Å². The number of carbonyl (C=O) groups is 1. The Kier molecular flexibility index (Phi) is 4.48. The maximum absolute atomic E-state index is 12.3. The molecule has 0 saturated heterocycles. The van der Waals surface area contributed by atoms with Gasteiger partial charge in [-0.05, 0) is 30.0 Å². The average Bonchev–Trinajstić information content (AvgIpc) is 3.06. The van der Waals surface area contributed by atoms with Crippen LogP contribution in [-0.4, -0.2) is 37.7 Å². The molecule has 1 N–H and O–H groups in total. The molecule has 0 unspecified atom stereocenters. The Hall–Kier alpha value is -2.21. The van der Waals surface area contributed by atoms with E-state index in [4.69, 9.17) is 9.47 Å². The molecule has 0 atom stereocenters. The molecule has 3 rings (SSSR count). The number of hydrogen-bond acceptors (Lipinski definition) is 4. The SMILES string of the molecule is CN(CCc1cccs1)C(=O)Nc1cccc2c1OCCO2. The standard InChI is InChI=1S/C16H18N2O3S/c1-18(8-7-12-4-3-11-22-12)16(19)17-13-5-2-6-14-15(13)21-10-9-20-14/h2-6,11H,7-10H2,1H3,(H,17,19). The van der Waals surface area contributed by atoms with E-state index >= 15 is 0 Å². The van der Waals surface area contributed by atoms with Gasteiger partial charge in [-0.15, -0.1) is 11.3 Å². The highest BCUT2D eigenvalue weighted by atomic mass is 32.1. The quantitative estimate of drug-likeness (QED) is 0.941. The smallest absolute Gasteiger partial charge is 0.321 e. The van der Waals surface area contributed by atoms with Crippen molar-refractivity contribution < 1.29 is 14.3 Å². The van der Waals surface area contributed by atoms with E-state index in [2.05, 4.69) is 11.4 Å². The zero-order valence-electron chi connectivity index (χ0n) is 12.4. The van der Waals surface area contributed by atoms with Crippen molar-refractivity contribution in [3.05, 3.63) is 40.6 Å². The first-order valence-electron chi connectivity index (χ1n) is 7.17. The summed E-state index contributed by atoms with van der Waals surface area (Å²) in [5.41, 5.74) is 0.644. The van der Waals surface area contributed by atoms with Crippen LogP contribution in [0.4, 0.5) is 10.5 Å². The third-order valence-corrected chi connectivity index (χ3v) is 4.36. The van der Waals surface area contributed by atoms with Gasteiger partial charge in [-0.2, -0.15) is 0 Å². The lowest BCUT2D eigenvalue weighted by molar-refractivity contribution is 0.172. The number of ether oxygens (including phenoxy) is 2. The van der Waals surface area contributed by atoms with Crippen LogP contribution in [0.2, 0.25) is 0 Å². The van der Waals surface area contributed by atoms with Crippen molar-refractivity contribution in [1.82, 2.24) is 4.90 Å². The van der Waals surface area contributed by atoms with Crippen LogP contribution in [0.3, 0.4) is 0 Å². The molecule has 1 aliphatic heterocycles. The molecule has 116 valence electrons. The summed E-state index contributed by atoms with van der Waals surface area (Å²) in [5, 5.41) is 4.93. The molecule has 6 heteroatoms. The predicted octanol–water partition coefficient (Wildman–Crippen LogP) is 3.23. The van der Waals surface area contributed by atoms with Gasteiger partial charge >= 0.3 is 6.03 Å². The number of carbonyl (C=O) groups excluding carboxylic acids is 1. The number of benzene rings is 1. The number of hydrogen-bond donors (Lipinski definition) is 1. The van der Waals surface area contributed by atoms with Crippen LogP contribution >= 0.6 is 11.3 Å². The highest BCUT2D eigenvalue weighted by Crippen LogP contribution is 2.37. The number of thiophene rings is 1. The second-order valence-electron chi connectivity index (χ2n) is 5.01. The van der Waals surface area contributed by atoms with E-state index in [-0.39, 0.29) is 6.03 Å². The molecule has 0 saturated carbocycles. The van der Waals surface area contributed by atoms with Crippen LogP contribution in [0, 0.1) is 0 Å². The molecule has 0 spiro atoms. The highest BCUT2D eigenvalue weighted by molar-refractivity contribution is 7.09. The summed E-state index contributed by atoms with van der Waals surface area (Å²) in [6, 6.07) is 9.44. The van der Waals surface area contributed by atoms with Crippen molar-refractivity contribution in [2.75, 3.05) is 32.1 Å². The van der Waals surface area contributed by atoms with Gasteiger partial charge in [0, 0.05) is 18.5 Å². The number of nitrogens with one attached hydrogen (secondary N) is 1. The van der Waals surface area contributed by atoms with Gasteiger partial charge in [-0.25, -0.2) is 4.79 Å². The number of likely N-dealkylation sites (N-methyl/N-ethyl adjacent to an activating group) is 1. The topological polar surface area (TPSA) is 50.8 Å². The van der Waals surface area contributed by atoms with Crippen LogP contribution in [-0.2, 0) is 6.42 Å². The predicted molar refractivity (Wildman–Crippen MR) is 87.1 cm³/mol. The number of urea groups is 1. The Bertz CT molecular complexity index is 643. The van der Waals surface area contributed by atoms with Crippen molar-refractivity contribution in [3.8, 4) is 11.5 Å². The van der Waals surface area contributed by atoms with Crippen molar-refractivity contribution in [1.29, 1.82) is 0 Å². The fourth-order valence-electron chi connectivity index (χ4n) is 2.22. The Morgan fingerprint density at radius 1 is 1.27 bits per heavy atom. The van der Waals surface area contributed by atoms with E-state index in [0.717, 1.165) is 6.42 Å². The third-order valence-electron chi connectivity index (χ3n) is 3.43. The summed E-state index contributed by atoms with van der Waals surface area (Å²) in [5.74, 6) is 1.28. The summed E-state index contributed by atoms with van der Waals surface area (Å²) < 4.78 is 11.1. The Balaban J connectivity index is 1.61. The lowest BCUT2D eigenvalue weighted by Gasteiger charge is -2.23. The molecule has 1 aliphatic rings. The van der Waals surface area contributed by atoms with Gasteiger partial charge in [-0.3, -0.25) is 0 Å². The molecule has 22 heavy (non-hydrogen) atoms. The maximum Gasteiger partial charge on any atom is 0.321 e. The van der Waals surface area contributed by atoms with Gasteiger partial charge in [0.05, 0.1) is 5.69 Å². The molecular weight excluding hydrogens is 300 g/mol. The molecule has 2 aromatic rings. The zero-order valence-corrected chi connectivity index (χ0v) is 13.2. The Morgan fingerprint density at radius 2 is 2.14 bits per heavy atom. The summed E-state index contributed by atoms with van der Waals surface area (Å²) in [6.07, 6.45) is 0.855. The first kappa shape index (κ1) is 14.7. The Labute approximate surface area is 133 Å². The van der Waals surface area contributed by atoms with Crippen molar-refractivity contribution in [3.63, 3.8) is 0 Å². The number of fused-ring (bicyclic) bond motifs is 1. The molecule has 1 aromatic carbocycles. The van der Waals surface area contributed by atoms with Gasteiger partial charge in [0.15, 0.2) is 11.5 Å². The number of anilines is 1. The van der Waals surface area contributed by atoms with Gasteiger partial charge in [0.2, 0.25) is 0 Å². The minimum Gasteiger partial charge on any atom is -0.486 e. The zero-order chi connectivity index (χ0) is 15.4. The van der Waals surface area contributed by atoms with E-state index in [1.807, 2.05) is 29.6 Å². The van der Waals surface area contributed by atoms with Gasteiger partial charge in [-0.1, -0.05) is 12.1 Å². The van der Waals surface area contributed by atoms with E-state index in [1.54, 1.807) is 23.3 Å². The number of rotatable bonds is 4. The first-order chi connectivity index (χ1) is 10.7.